The average molecular weight is 406 g/mol. The molecule has 1 fully saturated rings. The van der Waals surface area contributed by atoms with Gasteiger partial charge in [-0.25, -0.2) is 15.0 Å². The lowest BCUT2D eigenvalue weighted by Gasteiger charge is -2.31. The maximum absolute atomic E-state index is 13.6. The van der Waals surface area contributed by atoms with Crippen molar-refractivity contribution < 1.29 is 17.7 Å². The van der Waals surface area contributed by atoms with Crippen LogP contribution in [0.4, 0.5) is 19.1 Å². The minimum atomic E-state index is -4.49. The molecule has 0 bridgehead atoms. The fourth-order valence-electron chi connectivity index (χ4n) is 3.84. The van der Waals surface area contributed by atoms with Crippen molar-refractivity contribution in [1.82, 2.24) is 25.0 Å². The van der Waals surface area contributed by atoms with Crippen LogP contribution in [-0.4, -0.2) is 45.1 Å². The summed E-state index contributed by atoms with van der Waals surface area (Å²) in [5.41, 5.74) is 0.752. The van der Waals surface area contributed by atoms with Crippen molar-refractivity contribution in [3.63, 3.8) is 0 Å². The molecule has 0 aromatic carbocycles. The summed E-state index contributed by atoms with van der Waals surface area (Å²) in [6, 6.07) is 1.06. The SMILES string of the molecule is CNc1ncc(CN2CCC[C@@H](c3noc4nc(C)cc(C(F)(F)F)c34)C2)cn1. The summed E-state index contributed by atoms with van der Waals surface area (Å²) < 4.78 is 46.1. The average Bonchev–Trinajstić information content (AvgIpc) is 3.11. The highest BCUT2D eigenvalue weighted by molar-refractivity contribution is 5.81. The number of likely N-dealkylation sites (tertiary alicyclic amines) is 1. The number of rotatable bonds is 4. The zero-order valence-electron chi connectivity index (χ0n) is 16.1. The molecular formula is C19H21F3N6O. The standard InChI is InChI=1S/C19H21F3N6O/c1-11-6-14(19(20,21)22)15-16(27-29-17(15)26-11)13-4-3-5-28(10-13)9-12-7-24-18(23-2)25-8-12/h6-8,13H,3-5,9-10H2,1-2H3,(H,23,24,25)/t13-/m1/s1. The van der Waals surface area contributed by atoms with Crippen molar-refractivity contribution in [2.45, 2.75) is 38.4 Å². The molecule has 0 spiro atoms. The van der Waals surface area contributed by atoms with Gasteiger partial charge in [0, 0.05) is 49.7 Å². The van der Waals surface area contributed by atoms with Crippen LogP contribution in [0.25, 0.3) is 11.1 Å². The van der Waals surface area contributed by atoms with Gasteiger partial charge < -0.3 is 9.84 Å². The maximum atomic E-state index is 13.6. The number of alkyl halides is 3. The van der Waals surface area contributed by atoms with Gasteiger partial charge in [0.25, 0.3) is 5.71 Å². The van der Waals surface area contributed by atoms with Crippen LogP contribution < -0.4 is 5.32 Å². The van der Waals surface area contributed by atoms with E-state index in [0.29, 0.717) is 24.7 Å². The number of nitrogens with zero attached hydrogens (tertiary/aromatic N) is 5. The molecule has 1 aliphatic heterocycles. The molecule has 154 valence electrons. The van der Waals surface area contributed by atoms with Crippen molar-refractivity contribution in [1.29, 1.82) is 0 Å². The Bertz CT molecular complexity index is 1000. The van der Waals surface area contributed by atoms with Gasteiger partial charge in [0.05, 0.1) is 16.6 Å². The van der Waals surface area contributed by atoms with Gasteiger partial charge in [0.2, 0.25) is 5.95 Å². The van der Waals surface area contributed by atoms with E-state index in [4.69, 9.17) is 4.52 Å². The lowest BCUT2D eigenvalue weighted by Crippen LogP contribution is -2.34. The second kappa shape index (κ2) is 7.58. The number of piperidine rings is 1. The molecule has 0 aliphatic carbocycles. The summed E-state index contributed by atoms with van der Waals surface area (Å²) in [6.45, 7) is 3.57. The van der Waals surface area contributed by atoms with E-state index in [9.17, 15) is 13.2 Å². The third kappa shape index (κ3) is 4.02. The maximum Gasteiger partial charge on any atom is 0.417 e. The van der Waals surface area contributed by atoms with Crippen molar-refractivity contribution in [2.75, 3.05) is 25.5 Å². The van der Waals surface area contributed by atoms with Crippen molar-refractivity contribution >= 4 is 17.0 Å². The third-order valence-corrected chi connectivity index (χ3v) is 5.13. The van der Waals surface area contributed by atoms with Gasteiger partial charge in [-0.2, -0.15) is 13.2 Å². The molecule has 4 heterocycles. The highest BCUT2D eigenvalue weighted by atomic mass is 19.4. The highest BCUT2D eigenvalue weighted by Crippen LogP contribution is 2.40. The van der Waals surface area contributed by atoms with Crippen LogP contribution in [0.3, 0.4) is 0 Å². The summed E-state index contributed by atoms with van der Waals surface area (Å²) in [4.78, 5) is 14.7. The number of aryl methyl sites for hydroxylation is 1. The van der Waals surface area contributed by atoms with Crippen LogP contribution in [0.2, 0.25) is 0 Å². The third-order valence-electron chi connectivity index (χ3n) is 5.13. The van der Waals surface area contributed by atoms with Crippen LogP contribution >= 0.6 is 0 Å². The number of fused-ring (bicyclic) bond motifs is 1. The van der Waals surface area contributed by atoms with E-state index in [1.54, 1.807) is 19.4 Å². The molecule has 3 aromatic heterocycles. The first kappa shape index (κ1) is 19.6. The monoisotopic (exact) mass is 406 g/mol. The smallest absolute Gasteiger partial charge is 0.357 e. The zero-order valence-corrected chi connectivity index (χ0v) is 16.1. The fraction of sp³-hybridized carbons (Fsp3) is 0.474. The fourth-order valence-corrected chi connectivity index (χ4v) is 3.84. The minimum absolute atomic E-state index is 0.0170. The zero-order chi connectivity index (χ0) is 20.6. The number of aromatic nitrogens is 4. The van der Waals surface area contributed by atoms with Crippen molar-refractivity contribution in [3.8, 4) is 0 Å². The lowest BCUT2D eigenvalue weighted by atomic mass is 9.91. The molecule has 1 saturated heterocycles. The molecule has 4 rings (SSSR count). The molecule has 1 aliphatic rings. The molecule has 29 heavy (non-hydrogen) atoms. The lowest BCUT2D eigenvalue weighted by molar-refractivity contribution is -0.136. The second-order valence-corrected chi connectivity index (χ2v) is 7.30. The van der Waals surface area contributed by atoms with Crippen LogP contribution in [-0.2, 0) is 12.7 Å². The second-order valence-electron chi connectivity index (χ2n) is 7.30. The highest BCUT2D eigenvalue weighted by Gasteiger charge is 2.37. The topological polar surface area (TPSA) is 80.0 Å². The van der Waals surface area contributed by atoms with Crippen LogP contribution in [0.15, 0.2) is 23.0 Å². The van der Waals surface area contributed by atoms with Gasteiger partial charge in [-0.1, -0.05) is 5.16 Å². The molecule has 7 nitrogen and oxygen atoms in total. The van der Waals surface area contributed by atoms with Crippen molar-refractivity contribution in [2.24, 2.45) is 0 Å². The van der Waals surface area contributed by atoms with Gasteiger partial charge in [0.1, 0.15) is 0 Å². The van der Waals surface area contributed by atoms with Gasteiger partial charge in [-0.05, 0) is 32.4 Å². The van der Waals surface area contributed by atoms with Crippen molar-refractivity contribution in [3.05, 3.63) is 41.0 Å². The summed E-state index contributed by atoms with van der Waals surface area (Å²) in [6.07, 6.45) is 0.616. The van der Waals surface area contributed by atoms with Gasteiger partial charge in [0.15, 0.2) is 0 Å². The van der Waals surface area contributed by atoms with Gasteiger partial charge in [-0.3, -0.25) is 4.90 Å². The summed E-state index contributed by atoms with van der Waals surface area (Å²) >= 11 is 0. The molecule has 0 radical (unpaired) electrons. The van der Waals surface area contributed by atoms with E-state index in [2.05, 4.69) is 30.3 Å². The number of hydrogen-bond acceptors (Lipinski definition) is 7. The number of nitrogens with one attached hydrogen (secondary N) is 1. The van der Waals surface area contributed by atoms with Crippen LogP contribution in [0, 0.1) is 6.92 Å². The Morgan fingerprint density at radius 1 is 1.28 bits per heavy atom. The van der Waals surface area contributed by atoms with E-state index >= 15 is 0 Å². The van der Waals surface area contributed by atoms with E-state index in [1.165, 1.54) is 6.92 Å². The van der Waals surface area contributed by atoms with E-state index in [1.807, 2.05) is 0 Å². The normalized spacial score (nSPS) is 18.3. The molecular weight excluding hydrogens is 385 g/mol. The molecule has 0 unspecified atom stereocenters. The Morgan fingerprint density at radius 3 is 2.72 bits per heavy atom. The first-order valence-corrected chi connectivity index (χ1v) is 9.40. The molecule has 10 heteroatoms. The molecule has 3 aromatic rings. The van der Waals surface area contributed by atoms with E-state index < -0.39 is 11.7 Å². The summed E-state index contributed by atoms with van der Waals surface area (Å²) in [5, 5.41) is 6.85. The van der Waals surface area contributed by atoms with Crippen LogP contribution in [0.1, 0.15) is 41.3 Å². The van der Waals surface area contributed by atoms with Gasteiger partial charge in [-0.15, -0.1) is 0 Å². The van der Waals surface area contributed by atoms with Crippen LogP contribution in [0.5, 0.6) is 0 Å². The minimum Gasteiger partial charge on any atom is -0.357 e. The first-order chi connectivity index (χ1) is 13.8. The predicted octanol–water partition coefficient (Wildman–Crippen LogP) is 3.76. The Morgan fingerprint density at radius 2 is 2.03 bits per heavy atom. The Balaban J connectivity index is 1.60. The number of pyridine rings is 1. The van der Waals surface area contributed by atoms with Gasteiger partial charge >= 0.3 is 6.18 Å². The Kier molecular flexibility index (Phi) is 5.12. The molecule has 1 atom stereocenters. The van der Waals surface area contributed by atoms with E-state index in [-0.39, 0.29) is 22.7 Å². The molecule has 0 amide bonds. The summed E-state index contributed by atoms with van der Waals surface area (Å²) in [5.74, 6) is 0.384. The number of hydrogen-bond donors (Lipinski definition) is 1. The number of anilines is 1. The summed E-state index contributed by atoms with van der Waals surface area (Å²) in [7, 11) is 1.75. The Labute approximate surface area is 165 Å². The predicted molar refractivity (Wildman–Crippen MR) is 100 cm³/mol. The Hall–Kier alpha value is -2.75. The van der Waals surface area contributed by atoms with E-state index in [0.717, 1.165) is 31.0 Å². The molecule has 1 N–H and O–H groups in total. The largest absolute Gasteiger partial charge is 0.417 e. The first-order valence-electron chi connectivity index (χ1n) is 9.40. The quantitative estimate of drug-likeness (QED) is 0.707. The molecule has 0 saturated carbocycles. The number of halogens is 3.